The van der Waals surface area contributed by atoms with Gasteiger partial charge in [-0.15, -0.1) is 0 Å². The predicted molar refractivity (Wildman–Crippen MR) is 131 cm³/mol. The molecule has 0 heterocycles. The molecule has 1 fully saturated rings. The van der Waals surface area contributed by atoms with Crippen LogP contribution >= 0.6 is 0 Å². The Kier molecular flexibility index (Phi) is 7.57. The highest BCUT2D eigenvalue weighted by atomic mass is 19.1. The zero-order valence-corrected chi connectivity index (χ0v) is 19.6. The third-order valence-corrected chi connectivity index (χ3v) is 7.34. The van der Waals surface area contributed by atoms with Crippen molar-refractivity contribution in [3.8, 4) is 22.3 Å². The van der Waals surface area contributed by atoms with Gasteiger partial charge in [-0.3, -0.25) is 0 Å². The summed E-state index contributed by atoms with van der Waals surface area (Å²) in [4.78, 5) is 0. The minimum absolute atomic E-state index is 0.0548. The molecule has 1 aliphatic rings. The average molecular weight is 451 g/mol. The quantitative estimate of drug-likeness (QED) is 0.314. The van der Waals surface area contributed by atoms with Crippen LogP contribution in [0.5, 0.6) is 0 Å². The van der Waals surface area contributed by atoms with Crippen molar-refractivity contribution in [1.29, 1.82) is 0 Å². The molecule has 0 nitrogen and oxygen atoms in total. The molecule has 1 saturated carbocycles. The van der Waals surface area contributed by atoms with E-state index in [2.05, 4.69) is 31.2 Å². The molecule has 0 atom stereocenters. The smallest absolute Gasteiger partial charge is 0.131 e. The molecule has 0 unspecified atom stereocenters. The van der Waals surface area contributed by atoms with Crippen LogP contribution < -0.4 is 0 Å². The molecule has 0 aliphatic heterocycles. The Morgan fingerprint density at radius 3 is 1.91 bits per heavy atom. The van der Waals surface area contributed by atoms with Gasteiger partial charge in [0.2, 0.25) is 0 Å². The highest BCUT2D eigenvalue weighted by Gasteiger charge is 2.22. The van der Waals surface area contributed by atoms with Crippen molar-refractivity contribution in [3.63, 3.8) is 0 Å². The maximum absolute atomic E-state index is 14.9. The molecule has 0 spiro atoms. The lowest BCUT2D eigenvalue weighted by Crippen LogP contribution is -2.13. The summed E-state index contributed by atoms with van der Waals surface area (Å²) in [5.41, 5.74) is 3.42. The second-order valence-corrected chi connectivity index (χ2v) is 9.59. The SMILES string of the molecule is CCCCCC1CCC(c2ccc(-c3ccc(-c4cc(F)c(C)c(F)c4)c(F)c3)cc2)CC1. The first-order valence-electron chi connectivity index (χ1n) is 12.3. The van der Waals surface area contributed by atoms with E-state index in [0.717, 1.165) is 17.0 Å². The lowest BCUT2D eigenvalue weighted by Gasteiger charge is -2.29. The molecule has 0 radical (unpaired) electrons. The monoisotopic (exact) mass is 450 g/mol. The van der Waals surface area contributed by atoms with E-state index >= 15 is 0 Å². The van der Waals surface area contributed by atoms with Gasteiger partial charge in [-0.1, -0.05) is 69.0 Å². The Morgan fingerprint density at radius 1 is 0.697 bits per heavy atom. The Bertz CT molecular complexity index is 1050. The molecule has 33 heavy (non-hydrogen) atoms. The lowest BCUT2D eigenvalue weighted by molar-refractivity contribution is 0.303. The maximum Gasteiger partial charge on any atom is 0.131 e. The minimum Gasteiger partial charge on any atom is -0.207 e. The van der Waals surface area contributed by atoms with Gasteiger partial charge in [-0.25, -0.2) is 13.2 Å². The maximum atomic E-state index is 14.9. The Balaban J connectivity index is 1.44. The number of hydrogen-bond acceptors (Lipinski definition) is 0. The first-order chi connectivity index (χ1) is 16.0. The average Bonchev–Trinajstić information content (AvgIpc) is 2.83. The van der Waals surface area contributed by atoms with E-state index in [1.165, 1.54) is 82.1 Å². The van der Waals surface area contributed by atoms with Gasteiger partial charge in [0.05, 0.1) is 0 Å². The van der Waals surface area contributed by atoms with Crippen LogP contribution in [0.25, 0.3) is 22.3 Å². The van der Waals surface area contributed by atoms with Crippen LogP contribution in [0.4, 0.5) is 13.2 Å². The van der Waals surface area contributed by atoms with Crippen molar-refractivity contribution < 1.29 is 13.2 Å². The Labute approximate surface area is 195 Å². The Morgan fingerprint density at radius 2 is 1.30 bits per heavy atom. The number of benzene rings is 3. The molecule has 3 heteroatoms. The fourth-order valence-electron chi connectivity index (χ4n) is 5.14. The summed E-state index contributed by atoms with van der Waals surface area (Å²) < 4.78 is 42.7. The number of unbranched alkanes of at least 4 members (excludes halogenated alkanes) is 2. The Hall–Kier alpha value is -2.55. The molecule has 3 aromatic carbocycles. The zero-order valence-electron chi connectivity index (χ0n) is 19.6. The first kappa shape index (κ1) is 23.6. The third kappa shape index (κ3) is 5.51. The fourth-order valence-corrected chi connectivity index (χ4v) is 5.14. The molecular weight excluding hydrogens is 417 g/mol. The molecule has 0 amide bonds. The largest absolute Gasteiger partial charge is 0.207 e. The van der Waals surface area contributed by atoms with E-state index in [9.17, 15) is 13.2 Å². The van der Waals surface area contributed by atoms with E-state index in [1.807, 2.05) is 6.07 Å². The van der Waals surface area contributed by atoms with E-state index in [-0.39, 0.29) is 16.7 Å². The predicted octanol–water partition coefficient (Wildman–Crippen LogP) is 9.60. The van der Waals surface area contributed by atoms with Gasteiger partial charge in [0.1, 0.15) is 17.5 Å². The van der Waals surface area contributed by atoms with Crippen molar-refractivity contribution in [2.24, 2.45) is 5.92 Å². The van der Waals surface area contributed by atoms with Crippen LogP contribution in [0.1, 0.15) is 75.3 Å². The minimum atomic E-state index is -0.668. The molecule has 174 valence electrons. The van der Waals surface area contributed by atoms with E-state index in [4.69, 9.17) is 0 Å². The van der Waals surface area contributed by atoms with Crippen molar-refractivity contribution in [2.75, 3.05) is 0 Å². The van der Waals surface area contributed by atoms with Crippen molar-refractivity contribution in [1.82, 2.24) is 0 Å². The van der Waals surface area contributed by atoms with Crippen LogP contribution in [0.3, 0.4) is 0 Å². The normalized spacial score (nSPS) is 18.5. The van der Waals surface area contributed by atoms with E-state index in [0.29, 0.717) is 5.92 Å². The van der Waals surface area contributed by atoms with E-state index in [1.54, 1.807) is 6.07 Å². The molecule has 0 aromatic heterocycles. The van der Waals surface area contributed by atoms with Crippen molar-refractivity contribution in [2.45, 2.75) is 71.1 Å². The number of hydrogen-bond donors (Lipinski definition) is 0. The van der Waals surface area contributed by atoms with Gasteiger partial charge in [-0.05, 0) is 84.9 Å². The summed E-state index contributed by atoms with van der Waals surface area (Å²) in [5, 5.41) is 0. The highest BCUT2D eigenvalue weighted by Crippen LogP contribution is 2.38. The van der Waals surface area contributed by atoms with Crippen LogP contribution in [0.15, 0.2) is 54.6 Å². The summed E-state index contributed by atoms with van der Waals surface area (Å²) in [6.07, 6.45) is 10.5. The molecule has 0 saturated heterocycles. The summed E-state index contributed by atoms with van der Waals surface area (Å²) in [6.45, 7) is 3.63. The van der Waals surface area contributed by atoms with Crippen LogP contribution in [0.2, 0.25) is 0 Å². The number of halogens is 3. The second kappa shape index (κ2) is 10.6. The topological polar surface area (TPSA) is 0 Å². The number of rotatable bonds is 7. The van der Waals surface area contributed by atoms with Gasteiger partial charge in [0, 0.05) is 11.1 Å². The third-order valence-electron chi connectivity index (χ3n) is 7.34. The van der Waals surface area contributed by atoms with Crippen LogP contribution in [0, 0.1) is 30.3 Å². The van der Waals surface area contributed by atoms with Gasteiger partial charge in [0.15, 0.2) is 0 Å². The van der Waals surface area contributed by atoms with E-state index < -0.39 is 17.5 Å². The molecule has 1 aliphatic carbocycles. The lowest BCUT2D eigenvalue weighted by atomic mass is 9.77. The van der Waals surface area contributed by atoms with Crippen molar-refractivity contribution >= 4 is 0 Å². The molecule has 0 bridgehead atoms. The van der Waals surface area contributed by atoms with Gasteiger partial charge in [-0.2, -0.15) is 0 Å². The summed E-state index contributed by atoms with van der Waals surface area (Å²) in [5.74, 6) is -0.310. The molecule has 4 rings (SSSR count). The van der Waals surface area contributed by atoms with Crippen LogP contribution in [-0.4, -0.2) is 0 Å². The van der Waals surface area contributed by atoms with Gasteiger partial charge in [0.25, 0.3) is 0 Å². The fraction of sp³-hybridized carbons (Fsp3) is 0.400. The summed E-state index contributed by atoms with van der Waals surface area (Å²) >= 11 is 0. The molecule has 0 N–H and O–H groups in total. The zero-order chi connectivity index (χ0) is 23.4. The molecule has 3 aromatic rings. The summed E-state index contributed by atoms with van der Waals surface area (Å²) in [7, 11) is 0. The van der Waals surface area contributed by atoms with Crippen LogP contribution in [-0.2, 0) is 0 Å². The van der Waals surface area contributed by atoms with Gasteiger partial charge < -0.3 is 0 Å². The first-order valence-corrected chi connectivity index (χ1v) is 12.3. The second-order valence-electron chi connectivity index (χ2n) is 9.59. The highest BCUT2D eigenvalue weighted by molar-refractivity contribution is 5.71. The summed E-state index contributed by atoms with van der Waals surface area (Å²) in [6, 6.07) is 15.7. The standard InChI is InChI=1S/C30H33F3/c1-3-4-5-6-21-7-9-22(10-8-21)23-11-13-24(14-12-23)25-15-16-27(30(33)17-25)26-18-28(31)20(2)29(32)19-26/h11-19,21-22H,3-10H2,1-2H3. The van der Waals surface area contributed by atoms with Gasteiger partial charge >= 0.3 is 0 Å². The van der Waals surface area contributed by atoms with Crippen molar-refractivity contribution in [3.05, 3.63) is 83.2 Å². The molecular formula is C30H33F3.